The van der Waals surface area contributed by atoms with Crippen LogP contribution in [0, 0.1) is 20.8 Å². The van der Waals surface area contributed by atoms with Crippen LogP contribution in [0.1, 0.15) is 36.5 Å². The molecule has 0 spiro atoms. The lowest BCUT2D eigenvalue weighted by molar-refractivity contribution is -0.116. The van der Waals surface area contributed by atoms with Gasteiger partial charge in [-0.05, 0) is 45.2 Å². The molecule has 0 radical (unpaired) electrons. The Hall–Kier alpha value is -1.35. The van der Waals surface area contributed by atoms with Gasteiger partial charge >= 0.3 is 0 Å². The summed E-state index contributed by atoms with van der Waals surface area (Å²) in [6.07, 6.45) is 1.19. The SMILES string of the molecule is Cc1cc(C)c(NC(=O)CCC(C)N)c(C)c1. The molecule has 0 saturated heterocycles. The highest BCUT2D eigenvalue weighted by Crippen LogP contribution is 2.22. The number of benzene rings is 1. The lowest BCUT2D eigenvalue weighted by atomic mass is 10.0. The molecule has 0 aliphatic carbocycles. The third-order valence-electron chi connectivity index (χ3n) is 2.77. The Kier molecular flexibility index (Phi) is 4.70. The van der Waals surface area contributed by atoms with Crippen molar-refractivity contribution in [3.05, 3.63) is 28.8 Å². The number of hydrogen-bond donors (Lipinski definition) is 2. The summed E-state index contributed by atoms with van der Waals surface area (Å²) >= 11 is 0. The maximum Gasteiger partial charge on any atom is 0.224 e. The lowest BCUT2D eigenvalue weighted by Gasteiger charge is -2.13. The smallest absolute Gasteiger partial charge is 0.224 e. The second kappa shape index (κ2) is 5.82. The first-order valence-corrected chi connectivity index (χ1v) is 6.03. The molecule has 0 aromatic heterocycles. The van der Waals surface area contributed by atoms with Crippen molar-refractivity contribution in [3.8, 4) is 0 Å². The molecule has 1 rings (SSSR count). The van der Waals surface area contributed by atoms with Crippen LogP contribution in [-0.4, -0.2) is 11.9 Å². The Morgan fingerprint density at radius 2 is 1.82 bits per heavy atom. The van der Waals surface area contributed by atoms with Gasteiger partial charge in [-0.15, -0.1) is 0 Å². The molecular formula is C14H22N2O. The van der Waals surface area contributed by atoms with E-state index < -0.39 is 0 Å². The lowest BCUT2D eigenvalue weighted by Crippen LogP contribution is -2.20. The normalized spacial score (nSPS) is 12.3. The van der Waals surface area contributed by atoms with E-state index in [-0.39, 0.29) is 11.9 Å². The Labute approximate surface area is 103 Å². The monoisotopic (exact) mass is 234 g/mol. The number of rotatable bonds is 4. The van der Waals surface area contributed by atoms with E-state index in [1.165, 1.54) is 5.56 Å². The maximum atomic E-state index is 11.7. The fourth-order valence-corrected chi connectivity index (χ4v) is 1.94. The summed E-state index contributed by atoms with van der Waals surface area (Å²) in [6, 6.07) is 4.23. The molecular weight excluding hydrogens is 212 g/mol. The maximum absolute atomic E-state index is 11.7. The molecule has 1 atom stereocenters. The number of nitrogens with one attached hydrogen (secondary N) is 1. The van der Waals surface area contributed by atoms with Gasteiger partial charge in [0.05, 0.1) is 0 Å². The van der Waals surface area contributed by atoms with Crippen molar-refractivity contribution in [3.63, 3.8) is 0 Å². The van der Waals surface area contributed by atoms with Gasteiger partial charge in [0.2, 0.25) is 5.91 Å². The van der Waals surface area contributed by atoms with E-state index in [0.29, 0.717) is 6.42 Å². The van der Waals surface area contributed by atoms with Crippen LogP contribution in [0.15, 0.2) is 12.1 Å². The van der Waals surface area contributed by atoms with Crippen LogP contribution in [0.5, 0.6) is 0 Å². The molecule has 0 saturated carbocycles. The Balaban J connectivity index is 2.72. The van der Waals surface area contributed by atoms with Gasteiger partial charge in [-0.3, -0.25) is 4.79 Å². The van der Waals surface area contributed by atoms with Crippen molar-refractivity contribution in [2.75, 3.05) is 5.32 Å². The largest absolute Gasteiger partial charge is 0.328 e. The molecule has 1 amide bonds. The zero-order valence-electron chi connectivity index (χ0n) is 11.1. The highest BCUT2D eigenvalue weighted by atomic mass is 16.1. The number of carbonyl (C=O) groups excluding carboxylic acids is 1. The molecule has 17 heavy (non-hydrogen) atoms. The molecule has 0 aliphatic rings. The van der Waals surface area contributed by atoms with Crippen molar-refractivity contribution >= 4 is 11.6 Å². The highest BCUT2D eigenvalue weighted by Gasteiger charge is 2.08. The van der Waals surface area contributed by atoms with Crippen molar-refractivity contribution in [2.24, 2.45) is 5.73 Å². The summed E-state index contributed by atoms with van der Waals surface area (Å²) in [5.41, 5.74) is 10.0. The first-order chi connectivity index (χ1) is 7.90. The van der Waals surface area contributed by atoms with Gasteiger partial charge < -0.3 is 11.1 Å². The predicted molar refractivity (Wildman–Crippen MR) is 72.2 cm³/mol. The van der Waals surface area contributed by atoms with Crippen LogP contribution < -0.4 is 11.1 Å². The van der Waals surface area contributed by atoms with Crippen molar-refractivity contribution in [2.45, 2.75) is 46.6 Å². The van der Waals surface area contributed by atoms with E-state index in [1.807, 2.05) is 20.8 Å². The Morgan fingerprint density at radius 1 is 1.29 bits per heavy atom. The quantitative estimate of drug-likeness (QED) is 0.841. The summed E-state index contributed by atoms with van der Waals surface area (Å²) < 4.78 is 0. The topological polar surface area (TPSA) is 55.1 Å². The van der Waals surface area contributed by atoms with Crippen LogP contribution in [0.2, 0.25) is 0 Å². The summed E-state index contributed by atoms with van der Waals surface area (Å²) in [6.45, 7) is 8.00. The van der Waals surface area contributed by atoms with Gasteiger partial charge in [0.25, 0.3) is 0 Å². The average Bonchev–Trinajstić information content (AvgIpc) is 2.20. The van der Waals surface area contributed by atoms with Crippen LogP contribution in [0.4, 0.5) is 5.69 Å². The van der Waals surface area contributed by atoms with E-state index in [9.17, 15) is 4.79 Å². The van der Waals surface area contributed by atoms with E-state index in [4.69, 9.17) is 5.73 Å². The van der Waals surface area contributed by atoms with Crippen molar-refractivity contribution < 1.29 is 4.79 Å². The van der Waals surface area contributed by atoms with Gasteiger partial charge in [-0.1, -0.05) is 17.7 Å². The highest BCUT2D eigenvalue weighted by molar-refractivity contribution is 5.92. The molecule has 0 bridgehead atoms. The van der Waals surface area contributed by atoms with Gasteiger partial charge in [0, 0.05) is 18.2 Å². The summed E-state index contributed by atoms with van der Waals surface area (Å²) in [5, 5.41) is 2.97. The van der Waals surface area contributed by atoms with Crippen molar-refractivity contribution in [1.82, 2.24) is 0 Å². The number of amides is 1. The van der Waals surface area contributed by atoms with E-state index in [2.05, 4.69) is 24.4 Å². The number of carbonyl (C=O) groups is 1. The standard InChI is InChI=1S/C14H22N2O/c1-9-7-10(2)14(11(3)8-9)16-13(17)6-5-12(4)15/h7-8,12H,5-6,15H2,1-4H3,(H,16,17). The fraction of sp³-hybridized carbons (Fsp3) is 0.500. The van der Waals surface area contributed by atoms with Gasteiger partial charge in [0.15, 0.2) is 0 Å². The summed E-state index contributed by atoms with van der Waals surface area (Å²) in [7, 11) is 0. The number of nitrogens with two attached hydrogens (primary N) is 1. The fourth-order valence-electron chi connectivity index (χ4n) is 1.94. The molecule has 1 unspecified atom stereocenters. The van der Waals surface area contributed by atoms with Gasteiger partial charge in [0.1, 0.15) is 0 Å². The zero-order valence-corrected chi connectivity index (χ0v) is 11.1. The van der Waals surface area contributed by atoms with Crippen LogP contribution in [0.25, 0.3) is 0 Å². The third-order valence-corrected chi connectivity index (χ3v) is 2.77. The minimum Gasteiger partial charge on any atom is -0.328 e. The molecule has 3 nitrogen and oxygen atoms in total. The Bertz CT molecular complexity index is 388. The van der Waals surface area contributed by atoms with E-state index in [0.717, 1.165) is 23.2 Å². The molecule has 1 aromatic carbocycles. The van der Waals surface area contributed by atoms with E-state index in [1.54, 1.807) is 0 Å². The van der Waals surface area contributed by atoms with Gasteiger partial charge in [-0.25, -0.2) is 0 Å². The molecule has 3 heteroatoms. The van der Waals surface area contributed by atoms with Crippen LogP contribution in [-0.2, 0) is 4.79 Å². The minimum absolute atomic E-state index is 0.0392. The predicted octanol–water partition coefficient (Wildman–Crippen LogP) is 2.68. The minimum atomic E-state index is 0.0392. The number of hydrogen-bond acceptors (Lipinski definition) is 2. The first-order valence-electron chi connectivity index (χ1n) is 6.03. The first kappa shape index (κ1) is 13.7. The number of aryl methyl sites for hydroxylation is 3. The molecule has 0 aliphatic heterocycles. The summed E-state index contributed by atoms with van der Waals surface area (Å²) in [4.78, 5) is 11.7. The van der Waals surface area contributed by atoms with Gasteiger partial charge in [-0.2, -0.15) is 0 Å². The second-order valence-corrected chi connectivity index (χ2v) is 4.84. The third kappa shape index (κ3) is 4.19. The second-order valence-electron chi connectivity index (χ2n) is 4.84. The van der Waals surface area contributed by atoms with Crippen molar-refractivity contribution in [1.29, 1.82) is 0 Å². The number of anilines is 1. The summed E-state index contributed by atoms with van der Waals surface area (Å²) in [5.74, 6) is 0.0392. The average molecular weight is 234 g/mol. The molecule has 3 N–H and O–H groups in total. The zero-order chi connectivity index (χ0) is 13.0. The molecule has 1 aromatic rings. The molecule has 0 heterocycles. The van der Waals surface area contributed by atoms with Crippen LogP contribution >= 0.6 is 0 Å². The Morgan fingerprint density at radius 3 is 2.29 bits per heavy atom. The molecule has 0 fully saturated rings. The molecule has 94 valence electrons. The van der Waals surface area contributed by atoms with Crippen LogP contribution in [0.3, 0.4) is 0 Å². The van der Waals surface area contributed by atoms with E-state index >= 15 is 0 Å².